The highest BCUT2D eigenvalue weighted by atomic mass is 19.1. The molecule has 0 spiro atoms. The molecule has 1 saturated heterocycles. The zero-order valence-corrected chi connectivity index (χ0v) is 17.5. The van der Waals surface area contributed by atoms with E-state index < -0.39 is 0 Å². The van der Waals surface area contributed by atoms with E-state index in [2.05, 4.69) is 27.6 Å². The van der Waals surface area contributed by atoms with Gasteiger partial charge in [-0.2, -0.15) is 5.10 Å². The van der Waals surface area contributed by atoms with Gasteiger partial charge in [0.05, 0.1) is 25.0 Å². The Hall–Kier alpha value is -2.61. The maximum Gasteiger partial charge on any atom is 0.191 e. The zero-order chi connectivity index (χ0) is 20.6. The van der Waals surface area contributed by atoms with Crippen LogP contribution in [0.1, 0.15) is 30.9 Å². The quantitative estimate of drug-likeness (QED) is 0.550. The highest BCUT2D eigenvalue weighted by Crippen LogP contribution is 2.19. The average molecular weight is 403 g/mol. The summed E-state index contributed by atoms with van der Waals surface area (Å²) in [7, 11) is 3.50. The van der Waals surface area contributed by atoms with E-state index in [1.165, 1.54) is 6.07 Å². The van der Waals surface area contributed by atoms with Crippen molar-refractivity contribution in [2.75, 3.05) is 31.6 Å². The van der Waals surface area contributed by atoms with Crippen molar-refractivity contribution in [3.8, 4) is 0 Å². The number of hydrogen-bond donors (Lipinski definition) is 2. The molecule has 0 saturated carbocycles. The summed E-state index contributed by atoms with van der Waals surface area (Å²) in [6, 6.07) is 5.37. The third-order valence-electron chi connectivity index (χ3n) is 4.99. The first-order valence-corrected chi connectivity index (χ1v) is 10.1. The van der Waals surface area contributed by atoms with Gasteiger partial charge < -0.3 is 20.3 Å². The summed E-state index contributed by atoms with van der Waals surface area (Å²) in [6.45, 7) is 5.51. The van der Waals surface area contributed by atoms with Crippen LogP contribution in [0, 0.1) is 5.82 Å². The Morgan fingerprint density at radius 3 is 3.00 bits per heavy atom. The highest BCUT2D eigenvalue weighted by Gasteiger charge is 2.21. The molecule has 0 bridgehead atoms. The Balaban J connectivity index is 1.64. The number of hydrogen-bond acceptors (Lipinski definition) is 4. The minimum absolute atomic E-state index is 0.248. The zero-order valence-electron chi connectivity index (χ0n) is 17.5. The lowest BCUT2D eigenvalue weighted by Crippen LogP contribution is -2.51. The number of halogens is 1. The van der Waals surface area contributed by atoms with Gasteiger partial charge in [-0.05, 0) is 37.5 Å². The Labute approximate surface area is 172 Å². The molecule has 1 unspecified atom stereocenters. The van der Waals surface area contributed by atoms with Gasteiger partial charge in [-0.3, -0.25) is 4.68 Å². The number of aryl methyl sites for hydroxylation is 1. The van der Waals surface area contributed by atoms with E-state index in [1.54, 1.807) is 13.2 Å². The van der Waals surface area contributed by atoms with Gasteiger partial charge in [-0.15, -0.1) is 0 Å². The van der Waals surface area contributed by atoms with E-state index >= 15 is 0 Å². The number of guanidine groups is 1. The number of rotatable bonds is 7. The molecule has 0 amide bonds. The minimum atomic E-state index is -0.248. The van der Waals surface area contributed by atoms with Gasteiger partial charge in [-0.25, -0.2) is 9.38 Å². The van der Waals surface area contributed by atoms with Crippen LogP contribution in [0.25, 0.3) is 0 Å². The fraction of sp³-hybridized carbons (Fsp3) is 0.524. The number of ether oxygens (including phenoxy) is 1. The topological polar surface area (TPSA) is 66.7 Å². The lowest BCUT2D eigenvalue weighted by atomic mass is 10.1. The maximum atomic E-state index is 13.8. The summed E-state index contributed by atoms with van der Waals surface area (Å²) < 4.78 is 20.7. The molecule has 8 heteroatoms. The molecule has 2 N–H and O–H groups in total. The van der Waals surface area contributed by atoms with Gasteiger partial charge in [0.25, 0.3) is 0 Å². The third kappa shape index (κ3) is 5.93. The van der Waals surface area contributed by atoms with Gasteiger partial charge in [0, 0.05) is 51.6 Å². The lowest BCUT2D eigenvalue weighted by molar-refractivity contribution is 0.181. The van der Waals surface area contributed by atoms with Crippen molar-refractivity contribution in [2.24, 2.45) is 12.0 Å². The second-order valence-electron chi connectivity index (χ2n) is 7.36. The smallest absolute Gasteiger partial charge is 0.191 e. The number of benzene rings is 1. The molecule has 7 nitrogen and oxygen atoms in total. The van der Waals surface area contributed by atoms with Crippen LogP contribution in [0.2, 0.25) is 0 Å². The van der Waals surface area contributed by atoms with Crippen LogP contribution in [0.15, 0.2) is 35.6 Å². The first kappa shape index (κ1) is 21.1. The Kier molecular flexibility index (Phi) is 7.46. The molecule has 29 heavy (non-hydrogen) atoms. The van der Waals surface area contributed by atoms with Crippen LogP contribution in [0.5, 0.6) is 0 Å². The number of aromatic nitrogens is 2. The van der Waals surface area contributed by atoms with Crippen molar-refractivity contribution >= 4 is 11.6 Å². The monoisotopic (exact) mass is 402 g/mol. The summed E-state index contributed by atoms with van der Waals surface area (Å²) in [6.07, 6.45) is 6.17. The Morgan fingerprint density at radius 2 is 2.28 bits per heavy atom. The predicted molar refractivity (Wildman–Crippen MR) is 114 cm³/mol. The van der Waals surface area contributed by atoms with Gasteiger partial charge in [-0.1, -0.05) is 6.07 Å². The molecular formula is C21H31FN6O. The number of anilines is 1. The second kappa shape index (κ2) is 10.2. The fourth-order valence-corrected chi connectivity index (χ4v) is 3.58. The van der Waals surface area contributed by atoms with Crippen LogP contribution >= 0.6 is 0 Å². The fourth-order valence-electron chi connectivity index (χ4n) is 3.58. The van der Waals surface area contributed by atoms with E-state index in [-0.39, 0.29) is 12.4 Å². The molecule has 1 aromatic carbocycles. The summed E-state index contributed by atoms with van der Waals surface area (Å²) >= 11 is 0. The summed E-state index contributed by atoms with van der Waals surface area (Å²) in [5.41, 5.74) is 2.66. The van der Waals surface area contributed by atoms with Gasteiger partial charge in [0.1, 0.15) is 5.82 Å². The third-order valence-corrected chi connectivity index (χ3v) is 4.99. The molecule has 2 heterocycles. The molecule has 1 aliphatic heterocycles. The molecule has 1 aromatic heterocycles. The molecule has 2 aromatic rings. The van der Waals surface area contributed by atoms with Crippen molar-refractivity contribution in [1.82, 2.24) is 20.4 Å². The van der Waals surface area contributed by atoms with Crippen molar-refractivity contribution in [3.05, 3.63) is 47.5 Å². The number of aliphatic imine (C=N–C) groups is 1. The first-order chi connectivity index (χ1) is 14.1. The summed E-state index contributed by atoms with van der Waals surface area (Å²) in [4.78, 5) is 7.06. The molecule has 3 rings (SSSR count). The number of methoxy groups -OCH3 is 1. The molecule has 158 valence electrons. The Bertz CT molecular complexity index is 821. The molecule has 0 aliphatic carbocycles. The first-order valence-electron chi connectivity index (χ1n) is 10.1. The largest absolute Gasteiger partial charge is 0.380 e. The van der Waals surface area contributed by atoms with Crippen molar-refractivity contribution in [1.29, 1.82) is 0 Å². The summed E-state index contributed by atoms with van der Waals surface area (Å²) in [5, 5.41) is 11.2. The minimum Gasteiger partial charge on any atom is -0.380 e. The van der Waals surface area contributed by atoms with Crippen LogP contribution in [-0.4, -0.2) is 48.5 Å². The van der Waals surface area contributed by atoms with E-state index in [0.29, 0.717) is 18.2 Å². The van der Waals surface area contributed by atoms with Crippen molar-refractivity contribution in [3.63, 3.8) is 0 Å². The second-order valence-corrected chi connectivity index (χ2v) is 7.36. The van der Waals surface area contributed by atoms with E-state index in [9.17, 15) is 4.39 Å². The standard InChI is InChI=1S/C21H31FN6O/c1-4-23-21(24-11-16-7-8-20(22)17(10-16)15-29-3)26-18-6-5-9-28(13-18)19-12-25-27(2)14-19/h7-8,10,12,14,18H,4-6,9,11,13,15H2,1-3H3,(H2,23,24,26). The van der Waals surface area contributed by atoms with Crippen molar-refractivity contribution in [2.45, 2.75) is 39.0 Å². The Morgan fingerprint density at radius 1 is 1.41 bits per heavy atom. The molecular weight excluding hydrogens is 371 g/mol. The van der Waals surface area contributed by atoms with Crippen molar-refractivity contribution < 1.29 is 9.13 Å². The maximum absolute atomic E-state index is 13.8. The van der Waals surface area contributed by atoms with Crippen LogP contribution in [0.4, 0.5) is 10.1 Å². The average Bonchev–Trinajstić information content (AvgIpc) is 3.15. The van der Waals surface area contributed by atoms with Crippen LogP contribution in [0.3, 0.4) is 0 Å². The highest BCUT2D eigenvalue weighted by molar-refractivity contribution is 5.80. The number of piperidine rings is 1. The van der Waals surface area contributed by atoms with Crippen LogP contribution in [-0.2, 0) is 24.9 Å². The van der Waals surface area contributed by atoms with Gasteiger partial charge in [0.15, 0.2) is 5.96 Å². The SMILES string of the molecule is CCNC(=NCc1ccc(F)c(COC)c1)NC1CCCN(c2cnn(C)c2)C1. The van der Waals surface area contributed by atoms with E-state index in [4.69, 9.17) is 9.73 Å². The summed E-state index contributed by atoms with van der Waals surface area (Å²) in [5.74, 6) is 0.533. The number of nitrogens with zero attached hydrogens (tertiary/aromatic N) is 4. The lowest BCUT2D eigenvalue weighted by Gasteiger charge is -2.34. The van der Waals surface area contributed by atoms with E-state index in [1.807, 2.05) is 30.2 Å². The van der Waals surface area contributed by atoms with Gasteiger partial charge >= 0.3 is 0 Å². The molecule has 1 fully saturated rings. The predicted octanol–water partition coefficient (Wildman–Crippen LogP) is 2.43. The van der Waals surface area contributed by atoms with E-state index in [0.717, 1.165) is 49.7 Å². The normalized spacial score (nSPS) is 17.4. The molecule has 1 aliphatic rings. The molecule has 1 atom stereocenters. The number of nitrogens with one attached hydrogen (secondary N) is 2. The van der Waals surface area contributed by atoms with Gasteiger partial charge in [0.2, 0.25) is 0 Å². The molecule has 0 radical (unpaired) electrons. The van der Waals surface area contributed by atoms with Crippen LogP contribution < -0.4 is 15.5 Å².